The lowest BCUT2D eigenvalue weighted by Gasteiger charge is -2.21. The van der Waals surface area contributed by atoms with Crippen LogP contribution in [0.25, 0.3) is 0 Å². The van der Waals surface area contributed by atoms with Gasteiger partial charge >= 0.3 is 13.8 Å². The Kier molecular flexibility index (Phi) is 5.44. The molecular formula is C11H13ClF3O3P. The van der Waals surface area contributed by atoms with Gasteiger partial charge in [-0.15, -0.1) is 0 Å². The zero-order chi connectivity index (χ0) is 14.7. The van der Waals surface area contributed by atoms with Crippen molar-refractivity contribution in [2.24, 2.45) is 0 Å². The van der Waals surface area contributed by atoms with Gasteiger partial charge in [-0.25, -0.2) is 0 Å². The summed E-state index contributed by atoms with van der Waals surface area (Å²) < 4.78 is 61.1. The van der Waals surface area contributed by atoms with E-state index in [0.717, 1.165) is 6.07 Å². The summed E-state index contributed by atoms with van der Waals surface area (Å²) in [5, 5.41) is -0.622. The van der Waals surface area contributed by atoms with E-state index in [2.05, 4.69) is 0 Å². The van der Waals surface area contributed by atoms with Crippen LogP contribution in [0, 0.1) is 0 Å². The van der Waals surface area contributed by atoms with Crippen LogP contribution in [-0.4, -0.2) is 13.2 Å². The topological polar surface area (TPSA) is 35.5 Å². The second kappa shape index (κ2) is 6.27. The van der Waals surface area contributed by atoms with Gasteiger partial charge in [-0.2, -0.15) is 13.2 Å². The van der Waals surface area contributed by atoms with Crippen LogP contribution >= 0.6 is 19.2 Å². The summed E-state index contributed by atoms with van der Waals surface area (Å²) >= 11 is 5.56. The fourth-order valence-corrected chi connectivity index (χ4v) is 3.44. The van der Waals surface area contributed by atoms with Gasteiger partial charge < -0.3 is 9.05 Å². The standard InChI is InChI=1S/C11H13ClF3O3P/c1-3-17-19(16,18-4-2)10-6-5-8(12)7-9(10)11(13,14)15/h5-7H,3-4H2,1-2H3. The van der Waals surface area contributed by atoms with Crippen LogP contribution < -0.4 is 5.30 Å². The van der Waals surface area contributed by atoms with E-state index in [4.69, 9.17) is 20.6 Å². The van der Waals surface area contributed by atoms with Gasteiger partial charge in [-0.3, -0.25) is 4.57 Å². The number of alkyl halides is 3. The van der Waals surface area contributed by atoms with E-state index in [0.29, 0.717) is 6.07 Å². The largest absolute Gasteiger partial charge is 0.417 e. The highest BCUT2D eigenvalue weighted by Gasteiger charge is 2.41. The minimum atomic E-state index is -4.69. The smallest absolute Gasteiger partial charge is 0.305 e. The van der Waals surface area contributed by atoms with E-state index >= 15 is 0 Å². The Morgan fingerprint density at radius 1 is 1.21 bits per heavy atom. The van der Waals surface area contributed by atoms with Crippen LogP contribution in [0.2, 0.25) is 5.02 Å². The Labute approximate surface area is 114 Å². The van der Waals surface area contributed by atoms with Crippen LogP contribution in [0.3, 0.4) is 0 Å². The van der Waals surface area contributed by atoms with Gasteiger partial charge in [0.15, 0.2) is 0 Å². The van der Waals surface area contributed by atoms with Gasteiger partial charge in [0.2, 0.25) is 0 Å². The molecule has 1 aromatic rings. The van der Waals surface area contributed by atoms with Gasteiger partial charge in [-0.05, 0) is 32.0 Å². The van der Waals surface area contributed by atoms with E-state index in [1.165, 1.54) is 19.9 Å². The molecule has 1 rings (SSSR count). The summed E-state index contributed by atoms with van der Waals surface area (Å²) in [5.41, 5.74) is -1.11. The van der Waals surface area contributed by atoms with Gasteiger partial charge in [0.05, 0.1) is 24.1 Å². The first-order chi connectivity index (χ1) is 8.74. The molecule has 0 bridgehead atoms. The molecular weight excluding hydrogens is 304 g/mol. The average Bonchev–Trinajstić information content (AvgIpc) is 2.28. The zero-order valence-electron chi connectivity index (χ0n) is 10.3. The van der Waals surface area contributed by atoms with E-state index in [1.807, 2.05) is 0 Å². The van der Waals surface area contributed by atoms with E-state index in [1.54, 1.807) is 0 Å². The van der Waals surface area contributed by atoms with Gasteiger partial charge in [0.25, 0.3) is 0 Å². The lowest BCUT2D eigenvalue weighted by Crippen LogP contribution is -2.22. The predicted octanol–water partition coefficient (Wildman–Crippen LogP) is 4.25. The molecule has 0 saturated heterocycles. The molecule has 0 fully saturated rings. The van der Waals surface area contributed by atoms with Gasteiger partial charge in [-0.1, -0.05) is 11.6 Å². The highest BCUT2D eigenvalue weighted by Crippen LogP contribution is 2.50. The summed E-state index contributed by atoms with van der Waals surface area (Å²) in [5.74, 6) is 0. The molecule has 0 amide bonds. The first kappa shape index (κ1) is 16.5. The molecule has 0 aliphatic heterocycles. The quantitative estimate of drug-likeness (QED) is 0.762. The molecule has 0 unspecified atom stereocenters. The van der Waals surface area contributed by atoms with E-state index < -0.39 is 24.6 Å². The Bertz CT molecular complexity index is 481. The predicted molar refractivity (Wildman–Crippen MR) is 66.9 cm³/mol. The van der Waals surface area contributed by atoms with Crippen molar-refractivity contribution in [3.63, 3.8) is 0 Å². The minimum Gasteiger partial charge on any atom is -0.305 e. The molecule has 0 heterocycles. The second-order valence-electron chi connectivity index (χ2n) is 3.49. The van der Waals surface area contributed by atoms with E-state index in [-0.39, 0.29) is 18.2 Å². The fourth-order valence-electron chi connectivity index (χ4n) is 1.49. The van der Waals surface area contributed by atoms with Crippen molar-refractivity contribution in [3.8, 4) is 0 Å². The molecule has 0 N–H and O–H groups in total. The van der Waals surface area contributed by atoms with Crippen molar-refractivity contribution in [3.05, 3.63) is 28.8 Å². The van der Waals surface area contributed by atoms with Crippen molar-refractivity contribution in [1.29, 1.82) is 0 Å². The van der Waals surface area contributed by atoms with Crippen LogP contribution in [-0.2, 0) is 19.8 Å². The third-order valence-electron chi connectivity index (χ3n) is 2.16. The Morgan fingerprint density at radius 3 is 2.16 bits per heavy atom. The Morgan fingerprint density at radius 2 is 1.74 bits per heavy atom. The van der Waals surface area contributed by atoms with Crippen LogP contribution in [0.15, 0.2) is 18.2 Å². The minimum absolute atomic E-state index is 0.0306. The zero-order valence-corrected chi connectivity index (χ0v) is 12.0. The van der Waals surface area contributed by atoms with Gasteiger partial charge in [0, 0.05) is 5.02 Å². The fraction of sp³-hybridized carbons (Fsp3) is 0.455. The molecule has 0 atom stereocenters. The van der Waals surface area contributed by atoms with Crippen LogP contribution in [0.4, 0.5) is 13.2 Å². The van der Waals surface area contributed by atoms with Crippen LogP contribution in [0.5, 0.6) is 0 Å². The number of benzene rings is 1. The third-order valence-corrected chi connectivity index (χ3v) is 4.57. The van der Waals surface area contributed by atoms with Crippen molar-refractivity contribution in [2.45, 2.75) is 20.0 Å². The molecule has 19 heavy (non-hydrogen) atoms. The van der Waals surface area contributed by atoms with Crippen molar-refractivity contribution >= 4 is 24.5 Å². The normalized spacial score (nSPS) is 12.7. The van der Waals surface area contributed by atoms with Crippen molar-refractivity contribution in [1.82, 2.24) is 0 Å². The highest BCUT2D eigenvalue weighted by molar-refractivity contribution is 7.62. The third kappa shape index (κ3) is 3.96. The van der Waals surface area contributed by atoms with Crippen LogP contribution in [0.1, 0.15) is 19.4 Å². The van der Waals surface area contributed by atoms with Gasteiger partial charge in [0.1, 0.15) is 0 Å². The molecule has 0 aliphatic rings. The molecule has 0 saturated carbocycles. The number of hydrogen-bond donors (Lipinski definition) is 0. The molecule has 8 heteroatoms. The number of hydrogen-bond acceptors (Lipinski definition) is 3. The molecule has 0 aromatic heterocycles. The highest BCUT2D eigenvalue weighted by atomic mass is 35.5. The maximum absolute atomic E-state index is 12.9. The number of rotatable bonds is 5. The lowest BCUT2D eigenvalue weighted by molar-refractivity contribution is -0.136. The molecule has 108 valence electrons. The molecule has 0 radical (unpaired) electrons. The second-order valence-corrected chi connectivity index (χ2v) is 5.92. The Hall–Kier alpha value is -0.550. The molecule has 3 nitrogen and oxygen atoms in total. The number of halogens is 4. The summed E-state index contributed by atoms with van der Waals surface area (Å²) in [4.78, 5) is 0. The van der Waals surface area contributed by atoms with Crippen molar-refractivity contribution in [2.75, 3.05) is 13.2 Å². The summed E-state index contributed by atoms with van der Waals surface area (Å²) in [6.45, 7) is 2.98. The van der Waals surface area contributed by atoms with Crippen molar-refractivity contribution < 1.29 is 26.8 Å². The average molecular weight is 317 g/mol. The monoisotopic (exact) mass is 316 g/mol. The molecule has 0 aliphatic carbocycles. The maximum Gasteiger partial charge on any atom is 0.417 e. The maximum atomic E-state index is 12.9. The molecule has 0 spiro atoms. The summed E-state index contributed by atoms with van der Waals surface area (Å²) in [6.07, 6.45) is -4.69. The summed E-state index contributed by atoms with van der Waals surface area (Å²) in [7, 11) is -4.00. The molecule has 1 aromatic carbocycles. The first-order valence-electron chi connectivity index (χ1n) is 5.51. The van der Waals surface area contributed by atoms with E-state index in [9.17, 15) is 17.7 Å². The Balaban J connectivity index is 3.43. The lowest BCUT2D eigenvalue weighted by atomic mass is 10.2. The first-order valence-corrected chi connectivity index (χ1v) is 7.43. The summed E-state index contributed by atoms with van der Waals surface area (Å²) in [6, 6.07) is 2.95. The SMILES string of the molecule is CCOP(=O)(OCC)c1ccc(Cl)cc1C(F)(F)F.